The zero-order valence-corrected chi connectivity index (χ0v) is 11.8. The minimum Gasteiger partial charge on any atom is -0.456 e. The third kappa shape index (κ3) is 2.45. The van der Waals surface area contributed by atoms with Crippen LogP contribution in [0.5, 0.6) is 0 Å². The van der Waals surface area contributed by atoms with E-state index >= 15 is 0 Å². The fourth-order valence-corrected chi connectivity index (χ4v) is 2.72. The average molecular weight is 278 g/mol. The second-order valence-corrected chi connectivity index (χ2v) is 5.43. The number of ether oxygens (including phenoxy) is 1. The standard InChI is InChI=1S/C15H18O5/c1-7(16)4-5-10-8(2)15(19)20-14(10)13-9(3)11(17)6-12(13)18/h4-5,8,10-11,14,17H,6H2,1-3H3. The van der Waals surface area contributed by atoms with Crippen molar-refractivity contribution in [3.8, 4) is 0 Å². The van der Waals surface area contributed by atoms with Gasteiger partial charge in [-0.25, -0.2) is 0 Å². The highest BCUT2D eigenvalue weighted by atomic mass is 16.6. The smallest absolute Gasteiger partial charge is 0.310 e. The molecule has 4 unspecified atom stereocenters. The van der Waals surface area contributed by atoms with Crippen LogP contribution in [0.2, 0.25) is 0 Å². The first-order valence-electron chi connectivity index (χ1n) is 6.64. The number of ketones is 2. The van der Waals surface area contributed by atoms with E-state index in [1.165, 1.54) is 13.0 Å². The number of carbonyl (C=O) groups excluding carboxylic acids is 3. The van der Waals surface area contributed by atoms with E-state index in [0.29, 0.717) is 11.1 Å². The Morgan fingerprint density at radius 2 is 2.05 bits per heavy atom. The minimum atomic E-state index is -0.801. The van der Waals surface area contributed by atoms with Gasteiger partial charge < -0.3 is 9.84 Å². The number of aliphatic hydroxyl groups excluding tert-OH is 1. The van der Waals surface area contributed by atoms with Gasteiger partial charge in [-0.15, -0.1) is 0 Å². The van der Waals surface area contributed by atoms with Crippen LogP contribution >= 0.6 is 0 Å². The molecule has 0 aromatic heterocycles. The lowest BCUT2D eigenvalue weighted by Gasteiger charge is -2.17. The molecule has 1 aliphatic carbocycles. The molecule has 0 amide bonds. The van der Waals surface area contributed by atoms with Crippen LogP contribution in [0.4, 0.5) is 0 Å². The van der Waals surface area contributed by atoms with Crippen LogP contribution in [0.1, 0.15) is 27.2 Å². The van der Waals surface area contributed by atoms with Gasteiger partial charge in [-0.1, -0.05) is 13.0 Å². The van der Waals surface area contributed by atoms with Crippen molar-refractivity contribution in [1.29, 1.82) is 0 Å². The van der Waals surface area contributed by atoms with Crippen molar-refractivity contribution >= 4 is 17.5 Å². The summed E-state index contributed by atoms with van der Waals surface area (Å²) >= 11 is 0. The molecular formula is C15H18O5. The maximum absolute atomic E-state index is 12.0. The molecule has 0 aromatic rings. The third-order valence-electron chi connectivity index (χ3n) is 3.98. The molecule has 5 heteroatoms. The second-order valence-electron chi connectivity index (χ2n) is 5.43. The number of aliphatic hydroxyl groups is 1. The van der Waals surface area contributed by atoms with E-state index in [2.05, 4.69) is 0 Å². The molecule has 1 heterocycles. The summed E-state index contributed by atoms with van der Waals surface area (Å²) in [6, 6.07) is 0. The van der Waals surface area contributed by atoms with Gasteiger partial charge >= 0.3 is 5.97 Å². The molecule has 0 saturated carbocycles. The van der Waals surface area contributed by atoms with Crippen LogP contribution in [-0.4, -0.2) is 34.9 Å². The fourth-order valence-electron chi connectivity index (χ4n) is 2.72. The van der Waals surface area contributed by atoms with E-state index in [1.807, 2.05) is 0 Å². The van der Waals surface area contributed by atoms with Gasteiger partial charge in [-0.2, -0.15) is 0 Å². The van der Waals surface area contributed by atoms with Crippen molar-refractivity contribution in [2.75, 3.05) is 0 Å². The third-order valence-corrected chi connectivity index (χ3v) is 3.98. The van der Waals surface area contributed by atoms with Gasteiger partial charge in [0, 0.05) is 17.9 Å². The van der Waals surface area contributed by atoms with Crippen LogP contribution < -0.4 is 0 Å². The van der Waals surface area contributed by atoms with Crippen molar-refractivity contribution in [1.82, 2.24) is 0 Å². The summed E-state index contributed by atoms with van der Waals surface area (Å²) in [6.07, 6.45) is 1.55. The molecule has 1 aliphatic heterocycles. The first-order valence-corrected chi connectivity index (χ1v) is 6.64. The van der Waals surface area contributed by atoms with Gasteiger partial charge in [0.25, 0.3) is 0 Å². The van der Waals surface area contributed by atoms with Gasteiger partial charge in [-0.05, 0) is 25.5 Å². The van der Waals surface area contributed by atoms with Crippen LogP contribution in [0.25, 0.3) is 0 Å². The Hall–Kier alpha value is -1.75. The summed E-state index contributed by atoms with van der Waals surface area (Å²) in [5, 5.41) is 9.74. The molecule has 2 aliphatic rings. The summed E-state index contributed by atoms with van der Waals surface area (Å²) in [6.45, 7) is 4.81. The van der Waals surface area contributed by atoms with E-state index in [4.69, 9.17) is 4.74 Å². The molecule has 20 heavy (non-hydrogen) atoms. The molecule has 1 fully saturated rings. The monoisotopic (exact) mass is 278 g/mol. The van der Waals surface area contributed by atoms with Crippen LogP contribution in [0, 0.1) is 11.8 Å². The quantitative estimate of drug-likeness (QED) is 0.614. The number of cyclic esters (lactones) is 1. The predicted molar refractivity (Wildman–Crippen MR) is 70.7 cm³/mol. The predicted octanol–water partition coefficient (Wildman–Crippen LogP) is 0.959. The van der Waals surface area contributed by atoms with Crippen molar-refractivity contribution in [3.63, 3.8) is 0 Å². The Kier molecular flexibility index (Phi) is 3.90. The highest BCUT2D eigenvalue weighted by Crippen LogP contribution is 2.38. The second kappa shape index (κ2) is 5.32. The van der Waals surface area contributed by atoms with Crippen LogP contribution in [-0.2, 0) is 19.1 Å². The molecule has 2 rings (SSSR count). The number of rotatable bonds is 3. The van der Waals surface area contributed by atoms with Crippen molar-refractivity contribution < 1.29 is 24.2 Å². The lowest BCUT2D eigenvalue weighted by Crippen LogP contribution is -2.23. The summed E-state index contributed by atoms with van der Waals surface area (Å²) in [5.74, 6) is -1.48. The Morgan fingerprint density at radius 3 is 2.55 bits per heavy atom. The molecule has 1 saturated heterocycles. The van der Waals surface area contributed by atoms with Gasteiger partial charge in [0.1, 0.15) is 6.10 Å². The maximum Gasteiger partial charge on any atom is 0.310 e. The summed E-state index contributed by atoms with van der Waals surface area (Å²) in [5.41, 5.74) is 0.941. The zero-order valence-electron chi connectivity index (χ0n) is 11.8. The molecular weight excluding hydrogens is 260 g/mol. The first-order chi connectivity index (χ1) is 9.32. The molecule has 0 radical (unpaired) electrons. The van der Waals surface area contributed by atoms with E-state index in [-0.39, 0.29) is 29.9 Å². The van der Waals surface area contributed by atoms with Crippen molar-refractivity contribution in [2.45, 2.75) is 39.4 Å². The maximum atomic E-state index is 12.0. The molecule has 5 nitrogen and oxygen atoms in total. The summed E-state index contributed by atoms with van der Waals surface area (Å²) < 4.78 is 5.30. The molecule has 4 atom stereocenters. The van der Waals surface area contributed by atoms with Gasteiger partial charge in [-0.3, -0.25) is 14.4 Å². The molecule has 1 N–H and O–H groups in total. The van der Waals surface area contributed by atoms with Crippen LogP contribution in [0.3, 0.4) is 0 Å². The SMILES string of the molecule is CC(=O)C=CC1C(C)C(=O)OC1C1=C(C)C(O)CC1=O. The number of hydrogen-bond acceptors (Lipinski definition) is 5. The Balaban J connectivity index is 2.36. The molecule has 0 spiro atoms. The highest BCUT2D eigenvalue weighted by Gasteiger charge is 2.46. The topological polar surface area (TPSA) is 80.7 Å². The number of Topliss-reactive ketones (excluding diaryl/α,β-unsaturated/α-hetero) is 1. The number of hydrogen-bond donors (Lipinski definition) is 1. The van der Waals surface area contributed by atoms with Gasteiger partial charge in [0.2, 0.25) is 0 Å². The van der Waals surface area contributed by atoms with Gasteiger partial charge in [0.05, 0.1) is 12.0 Å². The Labute approximate surface area is 117 Å². The van der Waals surface area contributed by atoms with E-state index in [9.17, 15) is 19.5 Å². The number of esters is 1. The van der Waals surface area contributed by atoms with E-state index < -0.39 is 18.1 Å². The molecule has 0 aromatic carbocycles. The average Bonchev–Trinajstić information content (AvgIpc) is 2.76. The summed E-state index contributed by atoms with van der Waals surface area (Å²) in [7, 11) is 0. The highest BCUT2D eigenvalue weighted by molar-refractivity contribution is 6.01. The van der Waals surface area contributed by atoms with E-state index in [1.54, 1.807) is 19.9 Å². The fraction of sp³-hybridized carbons (Fsp3) is 0.533. The minimum absolute atomic E-state index is 0.0345. The van der Waals surface area contributed by atoms with Crippen molar-refractivity contribution in [3.05, 3.63) is 23.3 Å². The van der Waals surface area contributed by atoms with Crippen LogP contribution in [0.15, 0.2) is 23.3 Å². The molecule has 0 bridgehead atoms. The Bertz CT molecular complexity index is 528. The number of allylic oxidation sites excluding steroid dienone is 1. The van der Waals surface area contributed by atoms with Gasteiger partial charge in [0.15, 0.2) is 11.6 Å². The van der Waals surface area contributed by atoms with E-state index in [0.717, 1.165) is 0 Å². The largest absolute Gasteiger partial charge is 0.456 e. The summed E-state index contributed by atoms with van der Waals surface area (Å²) in [4.78, 5) is 34.8. The lowest BCUT2D eigenvalue weighted by molar-refractivity contribution is -0.143. The Morgan fingerprint density at radius 1 is 1.40 bits per heavy atom. The van der Waals surface area contributed by atoms with Crippen molar-refractivity contribution in [2.24, 2.45) is 11.8 Å². The molecule has 108 valence electrons. The zero-order chi connectivity index (χ0) is 15.0. The number of carbonyl (C=O) groups is 3. The normalized spacial score (nSPS) is 34.2. The lowest BCUT2D eigenvalue weighted by atomic mass is 9.86. The first kappa shape index (κ1) is 14.7.